The molecule has 4 nitrogen and oxygen atoms in total. The first-order chi connectivity index (χ1) is 14.3. The van der Waals surface area contributed by atoms with E-state index in [1.54, 1.807) is 0 Å². The summed E-state index contributed by atoms with van der Waals surface area (Å²) in [5, 5.41) is 0. The highest BCUT2D eigenvalue weighted by molar-refractivity contribution is 6.15. The van der Waals surface area contributed by atoms with Crippen LogP contribution in [0.1, 0.15) is 25.3 Å². The Bertz CT molecular complexity index is 1050. The first kappa shape index (κ1) is 17.0. The molecule has 0 aromatic heterocycles. The Labute approximate surface area is 172 Å². The molecule has 4 heteroatoms. The van der Waals surface area contributed by atoms with Gasteiger partial charge >= 0.3 is 0 Å². The first-order valence-corrected chi connectivity index (χ1v) is 10.7. The van der Waals surface area contributed by atoms with E-state index in [9.17, 15) is 0 Å². The van der Waals surface area contributed by atoms with Gasteiger partial charge in [0.05, 0.1) is 22.5 Å². The van der Waals surface area contributed by atoms with E-state index < -0.39 is 0 Å². The van der Waals surface area contributed by atoms with Crippen molar-refractivity contribution in [1.29, 1.82) is 0 Å². The number of hydrogen-bond acceptors (Lipinski definition) is 4. The van der Waals surface area contributed by atoms with Crippen molar-refractivity contribution in [2.24, 2.45) is 10.9 Å². The smallest absolute Gasteiger partial charge is 0.0675 e. The largest absolute Gasteiger partial charge is 0.308 e. The standard InChI is InChI=1S/C25H26N4/c1-2-17-16-29-13-12-25-21-10-6-7-11-22(21)27-24(25)20(19(17)14-23(25)29)15-26-28-18-8-4-3-5-9-18/h2-11,15,19,23,26,28H,12-14,16H2,1H3/b17-2-,20-15+/t19-,23-,25+/m0/s1. The zero-order valence-electron chi connectivity index (χ0n) is 16.7. The van der Waals surface area contributed by atoms with E-state index in [1.807, 2.05) is 18.2 Å². The van der Waals surface area contributed by atoms with Gasteiger partial charge in [0, 0.05) is 31.2 Å². The maximum atomic E-state index is 5.23. The second-order valence-corrected chi connectivity index (χ2v) is 8.57. The third-order valence-electron chi connectivity index (χ3n) is 7.37. The van der Waals surface area contributed by atoms with E-state index in [1.165, 1.54) is 41.0 Å². The number of fused-ring (bicyclic) bond motifs is 2. The number of nitrogens with one attached hydrogen (secondary N) is 2. The third-order valence-corrected chi connectivity index (χ3v) is 7.37. The molecular formula is C25H26N4. The Morgan fingerprint density at radius 3 is 2.79 bits per heavy atom. The predicted molar refractivity (Wildman–Crippen MR) is 118 cm³/mol. The molecule has 1 saturated carbocycles. The molecule has 2 aromatic carbocycles. The number of nitrogens with zero attached hydrogens (tertiary/aromatic N) is 2. The molecule has 0 amide bonds. The summed E-state index contributed by atoms with van der Waals surface area (Å²) in [6, 6.07) is 19.6. The minimum atomic E-state index is 0.0621. The Kier molecular flexibility index (Phi) is 3.72. The summed E-state index contributed by atoms with van der Waals surface area (Å²) in [5.41, 5.74) is 14.6. The molecule has 146 valence electrons. The minimum Gasteiger partial charge on any atom is -0.308 e. The molecule has 3 fully saturated rings. The summed E-state index contributed by atoms with van der Waals surface area (Å²) < 4.78 is 0. The molecule has 4 aliphatic rings. The van der Waals surface area contributed by atoms with Gasteiger partial charge in [-0.1, -0.05) is 48.0 Å². The van der Waals surface area contributed by atoms with Crippen LogP contribution >= 0.6 is 0 Å². The number of para-hydroxylation sites is 2. The molecule has 1 spiro atoms. The van der Waals surface area contributed by atoms with E-state index in [4.69, 9.17) is 4.99 Å². The van der Waals surface area contributed by atoms with Crippen LogP contribution in [0.5, 0.6) is 0 Å². The van der Waals surface area contributed by atoms with Crippen molar-refractivity contribution >= 4 is 17.1 Å². The highest BCUT2D eigenvalue weighted by atomic mass is 15.3. The van der Waals surface area contributed by atoms with Crippen molar-refractivity contribution in [2.75, 3.05) is 18.5 Å². The van der Waals surface area contributed by atoms with E-state index in [-0.39, 0.29) is 5.41 Å². The number of anilines is 1. The molecule has 1 aliphatic carbocycles. The van der Waals surface area contributed by atoms with Crippen LogP contribution in [-0.4, -0.2) is 29.7 Å². The summed E-state index contributed by atoms with van der Waals surface area (Å²) in [5.74, 6) is 0.450. The van der Waals surface area contributed by atoms with Gasteiger partial charge in [-0.25, -0.2) is 0 Å². The lowest BCUT2D eigenvalue weighted by molar-refractivity contribution is 0.179. The fourth-order valence-corrected chi connectivity index (χ4v) is 6.09. The Morgan fingerprint density at radius 1 is 1.10 bits per heavy atom. The lowest BCUT2D eigenvalue weighted by atomic mass is 9.59. The quantitative estimate of drug-likeness (QED) is 0.604. The van der Waals surface area contributed by atoms with Gasteiger partial charge in [-0.05, 0) is 49.1 Å². The highest BCUT2D eigenvalue weighted by Gasteiger charge is 2.61. The molecule has 0 unspecified atom stereocenters. The number of hydrazine groups is 1. The van der Waals surface area contributed by atoms with Crippen molar-refractivity contribution in [2.45, 2.75) is 31.2 Å². The van der Waals surface area contributed by atoms with Gasteiger partial charge in [-0.15, -0.1) is 0 Å². The van der Waals surface area contributed by atoms with Crippen LogP contribution in [0.4, 0.5) is 11.4 Å². The number of rotatable bonds is 3. The molecular weight excluding hydrogens is 356 g/mol. The zero-order valence-corrected chi connectivity index (χ0v) is 16.7. The lowest BCUT2D eigenvalue weighted by Crippen LogP contribution is -2.56. The average Bonchev–Trinajstić information content (AvgIpc) is 3.32. The van der Waals surface area contributed by atoms with Gasteiger partial charge < -0.3 is 10.9 Å². The average molecular weight is 383 g/mol. The van der Waals surface area contributed by atoms with Crippen LogP contribution in [0.2, 0.25) is 0 Å². The molecule has 29 heavy (non-hydrogen) atoms. The van der Waals surface area contributed by atoms with Gasteiger partial charge in [0.15, 0.2) is 0 Å². The molecule has 2 bridgehead atoms. The van der Waals surface area contributed by atoms with Crippen LogP contribution in [0, 0.1) is 5.92 Å². The van der Waals surface area contributed by atoms with Crippen LogP contribution in [0.25, 0.3) is 0 Å². The Balaban J connectivity index is 1.44. The predicted octanol–water partition coefficient (Wildman–Crippen LogP) is 4.57. The zero-order chi connectivity index (χ0) is 19.4. The summed E-state index contributed by atoms with van der Waals surface area (Å²) >= 11 is 0. The van der Waals surface area contributed by atoms with Crippen LogP contribution in [0.3, 0.4) is 0 Å². The fourth-order valence-electron chi connectivity index (χ4n) is 6.09. The summed E-state index contributed by atoms with van der Waals surface area (Å²) in [4.78, 5) is 7.93. The lowest BCUT2D eigenvalue weighted by Gasteiger charge is -2.49. The highest BCUT2D eigenvalue weighted by Crippen LogP contribution is 2.59. The van der Waals surface area contributed by atoms with Gasteiger partial charge in [-0.2, -0.15) is 0 Å². The van der Waals surface area contributed by atoms with Crippen molar-refractivity contribution in [1.82, 2.24) is 10.3 Å². The van der Waals surface area contributed by atoms with Crippen molar-refractivity contribution in [3.63, 3.8) is 0 Å². The summed E-state index contributed by atoms with van der Waals surface area (Å²) in [7, 11) is 0. The third kappa shape index (κ3) is 2.32. The second kappa shape index (κ2) is 6.33. The van der Waals surface area contributed by atoms with Crippen LogP contribution in [-0.2, 0) is 5.41 Å². The van der Waals surface area contributed by atoms with Crippen molar-refractivity contribution in [3.05, 3.63) is 83.6 Å². The van der Waals surface area contributed by atoms with Gasteiger partial charge in [0.2, 0.25) is 0 Å². The number of allylic oxidation sites excluding steroid dienone is 2. The molecule has 6 rings (SSSR count). The molecule has 2 N–H and O–H groups in total. The maximum absolute atomic E-state index is 5.23. The molecule has 3 heterocycles. The van der Waals surface area contributed by atoms with Crippen LogP contribution in [0.15, 0.2) is 83.0 Å². The van der Waals surface area contributed by atoms with Crippen LogP contribution < -0.4 is 10.9 Å². The summed E-state index contributed by atoms with van der Waals surface area (Å²) in [6.45, 7) is 4.43. The maximum Gasteiger partial charge on any atom is 0.0675 e. The number of hydrogen-bond donors (Lipinski definition) is 2. The summed E-state index contributed by atoms with van der Waals surface area (Å²) in [6.07, 6.45) is 6.86. The Hall–Kier alpha value is -2.85. The van der Waals surface area contributed by atoms with E-state index in [0.29, 0.717) is 12.0 Å². The normalized spacial score (nSPS) is 32.1. The minimum absolute atomic E-state index is 0.0621. The SMILES string of the molecule is C/C=C1/CN2CC[C@@]34C(=Nc5ccccc53)/C(=C/NNc3ccccc3)[C@H]1C[C@H]24. The topological polar surface area (TPSA) is 39.7 Å². The second-order valence-electron chi connectivity index (χ2n) is 8.57. The number of aliphatic imine (C=N–C) groups is 1. The molecule has 3 atom stereocenters. The molecule has 3 aliphatic heterocycles. The fraction of sp³-hybridized carbons (Fsp3) is 0.320. The van der Waals surface area contributed by atoms with Crippen molar-refractivity contribution < 1.29 is 0 Å². The van der Waals surface area contributed by atoms with E-state index in [0.717, 1.165) is 18.8 Å². The molecule has 2 aromatic rings. The number of benzene rings is 2. The van der Waals surface area contributed by atoms with E-state index >= 15 is 0 Å². The number of piperidine rings is 1. The van der Waals surface area contributed by atoms with Gasteiger partial charge in [0.1, 0.15) is 0 Å². The monoisotopic (exact) mass is 382 g/mol. The first-order valence-electron chi connectivity index (χ1n) is 10.7. The van der Waals surface area contributed by atoms with Crippen molar-refractivity contribution in [3.8, 4) is 0 Å². The van der Waals surface area contributed by atoms with Gasteiger partial charge in [-0.3, -0.25) is 9.89 Å². The molecule has 0 radical (unpaired) electrons. The van der Waals surface area contributed by atoms with Gasteiger partial charge in [0.25, 0.3) is 0 Å². The molecule has 2 saturated heterocycles. The van der Waals surface area contributed by atoms with E-state index in [2.05, 4.69) is 71.3 Å². The Morgan fingerprint density at radius 2 is 1.93 bits per heavy atom.